The Kier molecular flexibility index (Phi) is 17.5. The molecule has 5 heteroatoms. The first-order valence-corrected chi connectivity index (χ1v) is 10.9. The average molecular weight is 387 g/mol. The van der Waals surface area contributed by atoms with Crippen molar-refractivity contribution < 1.29 is 24.5 Å². The number of rotatable bonds is 20. The van der Waals surface area contributed by atoms with Gasteiger partial charge in [0.1, 0.15) is 0 Å². The third kappa shape index (κ3) is 21.1. The summed E-state index contributed by atoms with van der Waals surface area (Å²) < 4.78 is 5.87. The van der Waals surface area contributed by atoms with Crippen LogP contribution in [0.2, 0.25) is 0 Å². The molecule has 0 aromatic heterocycles. The van der Waals surface area contributed by atoms with E-state index in [1.54, 1.807) is 0 Å². The molecule has 0 rings (SSSR count). The lowest BCUT2D eigenvalue weighted by molar-refractivity contribution is -0.138. The first-order valence-electron chi connectivity index (χ1n) is 10.9. The second-order valence-electron chi connectivity index (χ2n) is 8.15. The smallest absolute Gasteiger partial charge is 0.303 e. The van der Waals surface area contributed by atoms with Gasteiger partial charge in [-0.2, -0.15) is 0 Å². The molecular weight excluding hydrogens is 344 g/mol. The van der Waals surface area contributed by atoms with Crippen molar-refractivity contribution in [2.75, 3.05) is 13.2 Å². The summed E-state index contributed by atoms with van der Waals surface area (Å²) in [6, 6.07) is 0. The highest BCUT2D eigenvalue weighted by molar-refractivity contribution is 5.66. The summed E-state index contributed by atoms with van der Waals surface area (Å²) in [6.45, 7) is 6.15. The van der Waals surface area contributed by atoms with Gasteiger partial charge in [-0.25, -0.2) is 0 Å². The van der Waals surface area contributed by atoms with E-state index < -0.39 is 11.9 Å². The zero-order valence-corrected chi connectivity index (χ0v) is 17.6. The van der Waals surface area contributed by atoms with Gasteiger partial charge in [-0.1, -0.05) is 65.2 Å². The number of hydrogen-bond donors (Lipinski definition) is 2. The van der Waals surface area contributed by atoms with E-state index in [1.165, 1.54) is 38.5 Å². The van der Waals surface area contributed by atoms with E-state index in [-0.39, 0.29) is 0 Å². The van der Waals surface area contributed by atoms with Gasteiger partial charge in [-0.05, 0) is 37.5 Å². The molecule has 0 bridgehead atoms. The summed E-state index contributed by atoms with van der Waals surface area (Å²) in [7, 11) is 0. The maximum atomic E-state index is 10.4. The SMILES string of the molecule is CC(CCCCCCCC(=O)O)COCC(C)CCCCCCCC(=O)O. The first-order chi connectivity index (χ1) is 12.9. The van der Waals surface area contributed by atoms with Crippen LogP contribution in [0.25, 0.3) is 0 Å². The zero-order chi connectivity index (χ0) is 20.3. The van der Waals surface area contributed by atoms with Crippen molar-refractivity contribution in [1.82, 2.24) is 0 Å². The quantitative estimate of drug-likeness (QED) is 0.254. The van der Waals surface area contributed by atoms with Crippen LogP contribution in [0.5, 0.6) is 0 Å². The molecule has 2 unspecified atom stereocenters. The number of hydrogen-bond acceptors (Lipinski definition) is 3. The number of carbonyl (C=O) groups is 2. The fourth-order valence-corrected chi connectivity index (χ4v) is 3.24. The Bertz CT molecular complexity index is 336. The monoisotopic (exact) mass is 386 g/mol. The molecule has 0 aromatic carbocycles. The highest BCUT2D eigenvalue weighted by Gasteiger charge is 2.06. The normalized spacial score (nSPS) is 13.4. The van der Waals surface area contributed by atoms with E-state index in [1.807, 2.05) is 0 Å². The largest absolute Gasteiger partial charge is 0.481 e. The molecule has 5 nitrogen and oxygen atoms in total. The molecular formula is C22H42O5. The summed E-state index contributed by atoms with van der Waals surface area (Å²) in [6.07, 6.45) is 13.7. The minimum Gasteiger partial charge on any atom is -0.481 e. The Morgan fingerprint density at radius 2 is 0.963 bits per heavy atom. The van der Waals surface area contributed by atoms with Crippen molar-refractivity contribution in [2.45, 2.75) is 104 Å². The summed E-state index contributed by atoms with van der Waals surface area (Å²) in [5.74, 6) is -0.201. The predicted octanol–water partition coefficient (Wildman–Crippen LogP) is 5.91. The molecule has 0 aliphatic heterocycles. The van der Waals surface area contributed by atoms with Crippen molar-refractivity contribution in [2.24, 2.45) is 11.8 Å². The molecule has 0 radical (unpaired) electrons. The minimum absolute atomic E-state index is 0.299. The molecule has 0 spiro atoms. The van der Waals surface area contributed by atoms with Crippen molar-refractivity contribution >= 4 is 11.9 Å². The standard InChI is InChI=1S/C22H42O5/c1-19(13-9-5-3-7-11-15-21(23)24)17-27-18-20(2)14-10-6-4-8-12-16-22(25)26/h19-20H,3-18H2,1-2H3,(H,23,24)(H,25,26). The minimum atomic E-state index is -0.689. The Morgan fingerprint density at radius 3 is 1.33 bits per heavy atom. The van der Waals surface area contributed by atoms with E-state index in [2.05, 4.69) is 13.8 Å². The summed E-state index contributed by atoms with van der Waals surface area (Å²) in [5.41, 5.74) is 0. The highest BCUT2D eigenvalue weighted by Crippen LogP contribution is 2.15. The Labute approximate surface area is 165 Å². The summed E-state index contributed by atoms with van der Waals surface area (Å²) in [5, 5.41) is 17.2. The predicted molar refractivity (Wildman–Crippen MR) is 109 cm³/mol. The molecule has 0 aromatic rings. The highest BCUT2D eigenvalue weighted by atomic mass is 16.5. The maximum Gasteiger partial charge on any atom is 0.303 e. The summed E-state index contributed by atoms with van der Waals surface area (Å²) in [4.78, 5) is 20.9. The second-order valence-corrected chi connectivity index (χ2v) is 8.15. The van der Waals surface area contributed by atoms with Gasteiger partial charge in [0.2, 0.25) is 0 Å². The molecule has 0 amide bonds. The molecule has 0 saturated carbocycles. The van der Waals surface area contributed by atoms with Gasteiger partial charge >= 0.3 is 11.9 Å². The van der Waals surface area contributed by atoms with Crippen LogP contribution in [0.1, 0.15) is 104 Å². The average Bonchev–Trinajstić information content (AvgIpc) is 2.59. The van der Waals surface area contributed by atoms with E-state index in [0.29, 0.717) is 24.7 Å². The molecule has 0 aliphatic rings. The lowest BCUT2D eigenvalue weighted by Crippen LogP contribution is -2.11. The Morgan fingerprint density at radius 1 is 0.630 bits per heavy atom. The van der Waals surface area contributed by atoms with Crippen LogP contribution in [0.15, 0.2) is 0 Å². The Hall–Kier alpha value is -1.10. The van der Waals surface area contributed by atoms with Gasteiger partial charge in [-0.15, -0.1) is 0 Å². The molecule has 27 heavy (non-hydrogen) atoms. The molecule has 0 saturated heterocycles. The number of unbranched alkanes of at least 4 members (excludes halogenated alkanes) is 8. The second kappa shape index (κ2) is 18.3. The number of ether oxygens (including phenoxy) is 1. The number of aliphatic carboxylic acids is 2. The van der Waals surface area contributed by atoms with Gasteiger partial charge in [0.15, 0.2) is 0 Å². The molecule has 0 heterocycles. The third-order valence-corrected chi connectivity index (χ3v) is 4.98. The lowest BCUT2D eigenvalue weighted by atomic mass is 10.0. The molecule has 2 atom stereocenters. The van der Waals surface area contributed by atoms with Crippen molar-refractivity contribution in [1.29, 1.82) is 0 Å². The summed E-state index contributed by atoms with van der Waals surface area (Å²) >= 11 is 0. The van der Waals surface area contributed by atoms with Gasteiger partial charge in [-0.3, -0.25) is 9.59 Å². The molecule has 160 valence electrons. The van der Waals surface area contributed by atoms with Crippen LogP contribution in [0.4, 0.5) is 0 Å². The topological polar surface area (TPSA) is 83.8 Å². The van der Waals surface area contributed by atoms with Crippen LogP contribution in [0.3, 0.4) is 0 Å². The van der Waals surface area contributed by atoms with Crippen molar-refractivity contribution in [3.8, 4) is 0 Å². The lowest BCUT2D eigenvalue weighted by Gasteiger charge is -2.15. The van der Waals surface area contributed by atoms with Crippen LogP contribution in [-0.2, 0) is 14.3 Å². The van der Waals surface area contributed by atoms with Crippen LogP contribution in [-0.4, -0.2) is 35.4 Å². The number of carboxylic acids is 2. The number of carboxylic acid groups (broad SMARTS) is 2. The molecule has 2 N–H and O–H groups in total. The van der Waals surface area contributed by atoms with Gasteiger partial charge in [0, 0.05) is 26.1 Å². The van der Waals surface area contributed by atoms with Crippen molar-refractivity contribution in [3.63, 3.8) is 0 Å². The zero-order valence-electron chi connectivity index (χ0n) is 17.6. The fraction of sp³-hybridized carbons (Fsp3) is 0.909. The maximum absolute atomic E-state index is 10.4. The molecule has 0 aliphatic carbocycles. The van der Waals surface area contributed by atoms with E-state index >= 15 is 0 Å². The van der Waals surface area contributed by atoms with Crippen LogP contribution in [0, 0.1) is 11.8 Å². The molecule has 0 fully saturated rings. The van der Waals surface area contributed by atoms with E-state index in [4.69, 9.17) is 14.9 Å². The Balaban J connectivity index is 3.35. The van der Waals surface area contributed by atoms with E-state index in [0.717, 1.165) is 51.7 Å². The van der Waals surface area contributed by atoms with Crippen LogP contribution < -0.4 is 0 Å². The first kappa shape index (κ1) is 25.9. The van der Waals surface area contributed by atoms with Crippen LogP contribution >= 0.6 is 0 Å². The van der Waals surface area contributed by atoms with Crippen molar-refractivity contribution in [3.05, 3.63) is 0 Å². The van der Waals surface area contributed by atoms with Gasteiger partial charge < -0.3 is 14.9 Å². The van der Waals surface area contributed by atoms with E-state index in [9.17, 15) is 9.59 Å². The van der Waals surface area contributed by atoms with Gasteiger partial charge in [0.25, 0.3) is 0 Å². The fourth-order valence-electron chi connectivity index (χ4n) is 3.24. The third-order valence-electron chi connectivity index (χ3n) is 4.98. The van der Waals surface area contributed by atoms with Gasteiger partial charge in [0.05, 0.1) is 0 Å².